The van der Waals surface area contributed by atoms with Gasteiger partial charge in [0.25, 0.3) is 0 Å². The number of fused-ring (bicyclic) bond motifs is 1. The van der Waals surface area contributed by atoms with Crippen LogP contribution in [0, 0.1) is 0 Å². The predicted molar refractivity (Wildman–Crippen MR) is 95.9 cm³/mol. The van der Waals surface area contributed by atoms with E-state index in [1.54, 1.807) is 47.2 Å². The Balaban J connectivity index is 1.79. The van der Waals surface area contributed by atoms with Crippen molar-refractivity contribution in [2.75, 3.05) is 31.3 Å². The Hall–Kier alpha value is -3.13. The van der Waals surface area contributed by atoms with Gasteiger partial charge in [0, 0.05) is 25.0 Å². The number of amides is 2. The van der Waals surface area contributed by atoms with Gasteiger partial charge in [-0.2, -0.15) is 0 Å². The van der Waals surface area contributed by atoms with Gasteiger partial charge >= 0.3 is 11.8 Å². The topological polar surface area (TPSA) is 92.4 Å². The van der Waals surface area contributed by atoms with Crippen LogP contribution in [0.1, 0.15) is 0 Å². The first-order chi connectivity index (χ1) is 12.0. The molecule has 0 unspecified atom stereocenters. The van der Waals surface area contributed by atoms with Gasteiger partial charge in [-0.25, -0.2) is 14.6 Å². The number of aromatic nitrogens is 2. The van der Waals surface area contributed by atoms with E-state index in [0.717, 1.165) is 0 Å². The SMILES string of the molecule is CN(C)CCn1c(=O)oc2ccc(NC(=O)Nc3ccccn3)cc21. The van der Waals surface area contributed by atoms with Gasteiger partial charge in [0.15, 0.2) is 5.58 Å². The number of anilines is 2. The van der Waals surface area contributed by atoms with Crippen LogP contribution >= 0.6 is 0 Å². The third-order valence-corrected chi connectivity index (χ3v) is 3.60. The molecule has 130 valence electrons. The van der Waals surface area contributed by atoms with E-state index in [1.807, 2.05) is 19.0 Å². The van der Waals surface area contributed by atoms with Crippen LogP contribution in [0.5, 0.6) is 0 Å². The van der Waals surface area contributed by atoms with Crippen molar-refractivity contribution in [1.82, 2.24) is 14.5 Å². The molecule has 0 bridgehead atoms. The van der Waals surface area contributed by atoms with E-state index in [-0.39, 0.29) is 0 Å². The summed E-state index contributed by atoms with van der Waals surface area (Å²) in [5.74, 6) is 0.0409. The Kier molecular flexibility index (Phi) is 4.80. The predicted octanol–water partition coefficient (Wildman–Crippen LogP) is 2.20. The molecule has 0 aliphatic carbocycles. The summed E-state index contributed by atoms with van der Waals surface area (Å²) in [6, 6.07) is 9.89. The minimum atomic E-state index is -0.413. The molecule has 0 atom stereocenters. The second kappa shape index (κ2) is 7.18. The van der Waals surface area contributed by atoms with Crippen LogP contribution in [0.2, 0.25) is 0 Å². The highest BCUT2D eigenvalue weighted by molar-refractivity contribution is 6.00. The van der Waals surface area contributed by atoms with E-state index in [0.29, 0.717) is 35.7 Å². The van der Waals surface area contributed by atoms with Gasteiger partial charge in [-0.15, -0.1) is 0 Å². The zero-order valence-electron chi connectivity index (χ0n) is 14.0. The highest BCUT2D eigenvalue weighted by Crippen LogP contribution is 2.19. The van der Waals surface area contributed by atoms with Gasteiger partial charge in [-0.3, -0.25) is 9.88 Å². The molecular formula is C17H19N5O3. The largest absolute Gasteiger partial charge is 0.419 e. The first kappa shape index (κ1) is 16.7. The number of urea groups is 1. The number of pyridine rings is 1. The van der Waals surface area contributed by atoms with Crippen LogP contribution < -0.4 is 16.4 Å². The number of nitrogens with one attached hydrogen (secondary N) is 2. The Morgan fingerprint density at radius 3 is 2.80 bits per heavy atom. The number of likely N-dealkylation sites (N-methyl/N-ethyl adjacent to an activating group) is 1. The van der Waals surface area contributed by atoms with Crippen LogP contribution in [-0.4, -0.2) is 41.1 Å². The van der Waals surface area contributed by atoms with Crippen molar-refractivity contribution in [1.29, 1.82) is 0 Å². The fraction of sp³-hybridized carbons (Fsp3) is 0.235. The van der Waals surface area contributed by atoms with Crippen molar-refractivity contribution in [2.24, 2.45) is 0 Å². The molecule has 0 fully saturated rings. The first-order valence-electron chi connectivity index (χ1n) is 7.80. The number of carbonyl (C=O) groups excluding carboxylic acids is 1. The number of benzene rings is 1. The van der Waals surface area contributed by atoms with E-state index in [1.165, 1.54) is 0 Å². The fourth-order valence-corrected chi connectivity index (χ4v) is 2.37. The van der Waals surface area contributed by atoms with E-state index in [4.69, 9.17) is 4.42 Å². The number of hydrogen-bond donors (Lipinski definition) is 2. The first-order valence-corrected chi connectivity index (χ1v) is 7.80. The summed E-state index contributed by atoms with van der Waals surface area (Å²) in [5.41, 5.74) is 1.68. The van der Waals surface area contributed by atoms with Crippen molar-refractivity contribution in [3.8, 4) is 0 Å². The Morgan fingerprint density at radius 2 is 2.08 bits per heavy atom. The maximum Gasteiger partial charge on any atom is 0.419 e. The average molecular weight is 341 g/mol. The summed E-state index contributed by atoms with van der Waals surface area (Å²) in [5, 5.41) is 5.36. The van der Waals surface area contributed by atoms with E-state index in [9.17, 15) is 9.59 Å². The fourth-order valence-electron chi connectivity index (χ4n) is 2.37. The monoisotopic (exact) mass is 341 g/mol. The van der Waals surface area contributed by atoms with E-state index >= 15 is 0 Å². The van der Waals surface area contributed by atoms with Gasteiger partial charge in [-0.1, -0.05) is 6.07 Å². The Morgan fingerprint density at radius 1 is 1.24 bits per heavy atom. The highest BCUT2D eigenvalue weighted by Gasteiger charge is 2.11. The normalized spacial score (nSPS) is 11.0. The molecular weight excluding hydrogens is 322 g/mol. The third-order valence-electron chi connectivity index (χ3n) is 3.60. The molecule has 8 heteroatoms. The van der Waals surface area contributed by atoms with Gasteiger partial charge in [0.05, 0.1) is 5.52 Å². The van der Waals surface area contributed by atoms with Crippen molar-refractivity contribution in [3.63, 3.8) is 0 Å². The molecule has 25 heavy (non-hydrogen) atoms. The molecule has 1 aromatic carbocycles. The molecule has 2 heterocycles. The summed E-state index contributed by atoms with van der Waals surface area (Å²) in [6.07, 6.45) is 1.59. The molecule has 0 saturated carbocycles. The number of rotatable bonds is 5. The second-order valence-electron chi connectivity index (χ2n) is 5.80. The summed E-state index contributed by atoms with van der Waals surface area (Å²) in [7, 11) is 3.87. The molecule has 2 aromatic heterocycles. The maximum atomic E-state index is 12.1. The van der Waals surface area contributed by atoms with Crippen molar-refractivity contribution >= 4 is 28.6 Å². The molecule has 0 aliphatic heterocycles. The molecule has 0 saturated heterocycles. The number of oxazole rings is 1. The smallest absolute Gasteiger partial charge is 0.408 e. The Bertz CT molecular complexity index is 930. The summed E-state index contributed by atoms with van der Waals surface area (Å²) in [4.78, 5) is 30.1. The minimum absolute atomic E-state index is 0.410. The third kappa shape index (κ3) is 4.04. The molecule has 3 aromatic rings. The number of carbonyl (C=O) groups is 1. The van der Waals surface area contributed by atoms with Crippen molar-refractivity contribution in [3.05, 3.63) is 53.1 Å². The lowest BCUT2D eigenvalue weighted by atomic mass is 10.3. The molecule has 8 nitrogen and oxygen atoms in total. The van der Waals surface area contributed by atoms with Gasteiger partial charge in [-0.05, 0) is 44.4 Å². The summed E-state index contributed by atoms with van der Waals surface area (Å²) >= 11 is 0. The van der Waals surface area contributed by atoms with Crippen LogP contribution in [0.15, 0.2) is 51.8 Å². The number of hydrogen-bond acceptors (Lipinski definition) is 5. The highest BCUT2D eigenvalue weighted by atomic mass is 16.4. The summed E-state index contributed by atoms with van der Waals surface area (Å²) < 4.78 is 6.79. The maximum absolute atomic E-state index is 12.1. The zero-order chi connectivity index (χ0) is 17.8. The lowest BCUT2D eigenvalue weighted by Crippen LogP contribution is -2.23. The zero-order valence-corrected chi connectivity index (χ0v) is 14.0. The van der Waals surface area contributed by atoms with Gasteiger partial charge in [0.2, 0.25) is 0 Å². The van der Waals surface area contributed by atoms with Crippen LogP contribution in [-0.2, 0) is 6.54 Å². The van der Waals surface area contributed by atoms with Gasteiger partial charge < -0.3 is 14.6 Å². The second-order valence-corrected chi connectivity index (χ2v) is 5.80. The lowest BCUT2D eigenvalue weighted by molar-refractivity contribution is 0.262. The average Bonchev–Trinajstić information content (AvgIpc) is 2.88. The lowest BCUT2D eigenvalue weighted by Gasteiger charge is -2.10. The van der Waals surface area contributed by atoms with Crippen LogP contribution in [0.3, 0.4) is 0 Å². The van der Waals surface area contributed by atoms with Crippen LogP contribution in [0.4, 0.5) is 16.3 Å². The molecule has 2 amide bonds. The number of nitrogens with zero attached hydrogens (tertiary/aromatic N) is 3. The molecule has 2 N–H and O–H groups in total. The van der Waals surface area contributed by atoms with Gasteiger partial charge in [0.1, 0.15) is 5.82 Å². The molecule has 0 radical (unpaired) electrons. The molecule has 0 aliphatic rings. The minimum Gasteiger partial charge on any atom is -0.408 e. The Labute approximate surface area is 144 Å². The van der Waals surface area contributed by atoms with Crippen molar-refractivity contribution < 1.29 is 9.21 Å². The summed E-state index contributed by atoms with van der Waals surface area (Å²) in [6.45, 7) is 1.20. The quantitative estimate of drug-likeness (QED) is 0.742. The standard InChI is InChI=1S/C17H19N5O3/c1-21(2)9-10-22-13-11-12(6-7-14(13)25-17(22)24)19-16(23)20-15-5-3-4-8-18-15/h3-8,11H,9-10H2,1-2H3,(H2,18,19,20,23). The van der Waals surface area contributed by atoms with Crippen LogP contribution in [0.25, 0.3) is 11.1 Å². The van der Waals surface area contributed by atoms with E-state index in [2.05, 4.69) is 15.6 Å². The van der Waals surface area contributed by atoms with E-state index < -0.39 is 11.8 Å². The molecule has 0 spiro atoms. The van der Waals surface area contributed by atoms with Crippen molar-refractivity contribution in [2.45, 2.75) is 6.54 Å². The molecule has 3 rings (SSSR count).